The minimum Gasteiger partial charge on any atom is -0.0843 e. The summed E-state index contributed by atoms with van der Waals surface area (Å²) in [7, 11) is 0. The van der Waals surface area contributed by atoms with E-state index in [9.17, 15) is 0 Å². The van der Waals surface area contributed by atoms with Gasteiger partial charge in [0.05, 0.1) is 0 Å². The highest BCUT2D eigenvalue weighted by atomic mass is 127. The maximum absolute atomic E-state index is 5.83. The second-order valence-electron chi connectivity index (χ2n) is 2.90. The van der Waals surface area contributed by atoms with Crippen molar-refractivity contribution in [1.29, 1.82) is 0 Å². The van der Waals surface area contributed by atoms with Crippen LogP contribution < -0.4 is 0 Å². The van der Waals surface area contributed by atoms with Crippen molar-refractivity contribution in [2.45, 2.75) is 0 Å². The van der Waals surface area contributed by atoms with Gasteiger partial charge in [0.2, 0.25) is 0 Å². The molecule has 0 aromatic heterocycles. The molecule has 2 aromatic carbocycles. The number of hydrogen-bond acceptors (Lipinski definition) is 0. The van der Waals surface area contributed by atoms with Crippen LogP contribution in [0.1, 0.15) is 0 Å². The van der Waals surface area contributed by atoms with Gasteiger partial charge in [0, 0.05) is 14.2 Å². The summed E-state index contributed by atoms with van der Waals surface area (Å²) in [6.07, 6.45) is 0. The highest BCUT2D eigenvalue weighted by molar-refractivity contribution is 14.1. The summed E-state index contributed by atoms with van der Waals surface area (Å²) in [5.74, 6) is 0. The molecule has 0 N–H and O–H groups in total. The first-order valence-electron chi connectivity index (χ1n) is 4.19. The molecule has 0 bridgehead atoms. The van der Waals surface area contributed by atoms with Crippen LogP contribution in [0.2, 0.25) is 5.02 Å². The molecule has 0 saturated carbocycles. The number of halogens is 2. The second-order valence-corrected chi connectivity index (χ2v) is 4.50. The van der Waals surface area contributed by atoms with Gasteiger partial charge in [-0.2, -0.15) is 0 Å². The Kier molecular flexibility index (Phi) is 3.08. The summed E-state index contributed by atoms with van der Waals surface area (Å²) >= 11 is 8.14. The number of rotatable bonds is 1. The molecule has 2 heteroatoms. The third kappa shape index (κ3) is 2.10. The van der Waals surface area contributed by atoms with Crippen LogP contribution in [0.15, 0.2) is 42.5 Å². The Labute approximate surface area is 102 Å². The molecule has 14 heavy (non-hydrogen) atoms. The van der Waals surface area contributed by atoms with E-state index in [1.165, 1.54) is 3.57 Å². The van der Waals surface area contributed by atoms with Crippen LogP contribution in [0, 0.1) is 9.64 Å². The van der Waals surface area contributed by atoms with Crippen LogP contribution in [-0.4, -0.2) is 0 Å². The molecule has 0 aliphatic heterocycles. The lowest BCUT2D eigenvalue weighted by Crippen LogP contribution is -1.81. The molecule has 69 valence electrons. The zero-order valence-corrected chi connectivity index (χ0v) is 10.2. The van der Waals surface area contributed by atoms with Crippen LogP contribution >= 0.6 is 34.2 Å². The molecule has 1 radical (unpaired) electrons. The van der Waals surface area contributed by atoms with Crippen LogP contribution in [0.5, 0.6) is 0 Å². The Morgan fingerprint density at radius 2 is 1.79 bits per heavy atom. The molecule has 0 heterocycles. The van der Waals surface area contributed by atoms with E-state index in [1.54, 1.807) is 0 Å². The summed E-state index contributed by atoms with van der Waals surface area (Å²) in [6.45, 7) is 0. The standard InChI is InChI=1S/C12H7ClI/c13-10-7-5-9(6-8-10)11-3-1-2-4-12(11)14/h1-2,4-8H. The molecule has 0 unspecified atom stereocenters. The average molecular weight is 314 g/mol. The van der Waals surface area contributed by atoms with Gasteiger partial charge in [0.1, 0.15) is 0 Å². The molecular weight excluding hydrogens is 306 g/mol. The maximum Gasteiger partial charge on any atom is 0.0406 e. The Bertz CT molecular complexity index is 434. The van der Waals surface area contributed by atoms with Gasteiger partial charge in [-0.15, -0.1) is 0 Å². The van der Waals surface area contributed by atoms with Crippen molar-refractivity contribution in [2.24, 2.45) is 0 Å². The smallest absolute Gasteiger partial charge is 0.0406 e. The van der Waals surface area contributed by atoms with Gasteiger partial charge >= 0.3 is 0 Å². The minimum absolute atomic E-state index is 0.764. The second kappa shape index (κ2) is 4.32. The Morgan fingerprint density at radius 3 is 2.43 bits per heavy atom. The van der Waals surface area contributed by atoms with E-state index in [0.717, 1.165) is 16.1 Å². The Hall–Kier alpha value is -0.540. The van der Waals surface area contributed by atoms with Crippen molar-refractivity contribution < 1.29 is 0 Å². The average Bonchev–Trinajstić information content (AvgIpc) is 2.20. The van der Waals surface area contributed by atoms with Gasteiger partial charge in [0.25, 0.3) is 0 Å². The summed E-state index contributed by atoms with van der Waals surface area (Å²) < 4.78 is 1.20. The first kappa shape index (κ1) is 9.99. The summed E-state index contributed by atoms with van der Waals surface area (Å²) in [5.41, 5.74) is 2.28. The molecule has 2 aromatic rings. The highest BCUT2D eigenvalue weighted by Gasteiger charge is 2.01. The molecule has 0 fully saturated rings. The van der Waals surface area contributed by atoms with E-state index < -0.39 is 0 Å². The normalized spacial score (nSPS) is 10.1. The minimum atomic E-state index is 0.764. The maximum atomic E-state index is 5.83. The zero-order valence-electron chi connectivity index (χ0n) is 7.30. The Morgan fingerprint density at radius 1 is 1.07 bits per heavy atom. The molecule has 0 saturated heterocycles. The van der Waals surface area contributed by atoms with Crippen molar-refractivity contribution in [3.8, 4) is 11.1 Å². The first-order valence-corrected chi connectivity index (χ1v) is 5.65. The molecule has 0 nitrogen and oxygen atoms in total. The van der Waals surface area contributed by atoms with Crippen LogP contribution in [0.25, 0.3) is 11.1 Å². The van der Waals surface area contributed by atoms with Crippen LogP contribution in [0.3, 0.4) is 0 Å². The molecule has 0 amide bonds. The van der Waals surface area contributed by atoms with E-state index in [0.29, 0.717) is 0 Å². The fourth-order valence-electron chi connectivity index (χ4n) is 1.25. The van der Waals surface area contributed by atoms with Crippen LogP contribution in [0.4, 0.5) is 0 Å². The lowest BCUT2D eigenvalue weighted by atomic mass is 10.1. The zero-order chi connectivity index (χ0) is 9.97. The van der Waals surface area contributed by atoms with Gasteiger partial charge in [0.15, 0.2) is 0 Å². The van der Waals surface area contributed by atoms with Gasteiger partial charge < -0.3 is 0 Å². The van der Waals surface area contributed by atoms with Crippen molar-refractivity contribution in [3.05, 3.63) is 57.1 Å². The molecule has 0 aliphatic carbocycles. The van der Waals surface area contributed by atoms with Crippen molar-refractivity contribution in [3.63, 3.8) is 0 Å². The number of hydrogen-bond donors (Lipinski definition) is 0. The molecule has 0 atom stereocenters. The summed E-state index contributed by atoms with van der Waals surface area (Å²) in [4.78, 5) is 0. The first-order chi connectivity index (χ1) is 6.77. The van der Waals surface area contributed by atoms with E-state index in [4.69, 9.17) is 11.6 Å². The SMILES string of the molecule is Clc1ccc(-c2[c]cccc2I)cc1. The van der Waals surface area contributed by atoms with Gasteiger partial charge in [-0.1, -0.05) is 35.9 Å². The quantitative estimate of drug-likeness (QED) is 0.684. The van der Waals surface area contributed by atoms with Gasteiger partial charge in [-0.3, -0.25) is 0 Å². The fourth-order valence-corrected chi connectivity index (χ4v) is 2.05. The van der Waals surface area contributed by atoms with E-state index >= 15 is 0 Å². The lowest BCUT2D eigenvalue weighted by molar-refractivity contribution is 1.57. The summed E-state index contributed by atoms with van der Waals surface area (Å²) in [5, 5.41) is 0.764. The third-order valence-corrected chi connectivity index (χ3v) is 3.09. The molecule has 0 aliphatic rings. The van der Waals surface area contributed by atoms with Crippen molar-refractivity contribution in [1.82, 2.24) is 0 Å². The van der Waals surface area contributed by atoms with E-state index in [2.05, 4.69) is 34.7 Å². The summed E-state index contributed by atoms with van der Waals surface area (Å²) in [6, 6.07) is 17.0. The van der Waals surface area contributed by atoms with Gasteiger partial charge in [-0.05, 0) is 52.4 Å². The molecular formula is C12H7ClI. The van der Waals surface area contributed by atoms with E-state index in [-0.39, 0.29) is 0 Å². The predicted molar refractivity (Wildman–Crippen MR) is 68.4 cm³/mol. The van der Waals surface area contributed by atoms with Gasteiger partial charge in [-0.25, -0.2) is 0 Å². The Balaban J connectivity index is 2.50. The largest absolute Gasteiger partial charge is 0.0843 e. The lowest BCUT2D eigenvalue weighted by Gasteiger charge is -2.03. The topological polar surface area (TPSA) is 0 Å². The molecule has 2 rings (SSSR count). The molecule has 0 spiro atoms. The fraction of sp³-hybridized carbons (Fsp3) is 0. The highest BCUT2D eigenvalue weighted by Crippen LogP contribution is 2.25. The van der Waals surface area contributed by atoms with Crippen molar-refractivity contribution in [2.75, 3.05) is 0 Å². The third-order valence-electron chi connectivity index (χ3n) is 1.94. The van der Waals surface area contributed by atoms with E-state index in [1.807, 2.05) is 36.4 Å². The predicted octanol–water partition coefficient (Wildman–Crippen LogP) is 4.41. The van der Waals surface area contributed by atoms with Crippen molar-refractivity contribution >= 4 is 34.2 Å². The monoisotopic (exact) mass is 313 g/mol. The number of benzene rings is 2. The van der Waals surface area contributed by atoms with Crippen LogP contribution in [-0.2, 0) is 0 Å².